The Labute approximate surface area is 190 Å². The zero-order chi connectivity index (χ0) is 19.9. The van der Waals surface area contributed by atoms with Crippen LogP contribution in [0.4, 0.5) is 0 Å². The molecule has 29 heavy (non-hydrogen) atoms. The van der Waals surface area contributed by atoms with E-state index >= 15 is 0 Å². The Morgan fingerprint density at radius 2 is 1.79 bits per heavy atom. The highest BCUT2D eigenvalue weighted by Gasteiger charge is 2.22. The molecule has 0 aromatic heterocycles. The molecule has 2 N–H and O–H groups in total. The van der Waals surface area contributed by atoms with Crippen molar-refractivity contribution in [1.82, 2.24) is 15.5 Å². The van der Waals surface area contributed by atoms with Gasteiger partial charge in [0.1, 0.15) is 0 Å². The number of ether oxygens (including phenoxy) is 2. The van der Waals surface area contributed by atoms with Gasteiger partial charge in [-0.15, -0.1) is 24.0 Å². The summed E-state index contributed by atoms with van der Waals surface area (Å²) in [6.45, 7) is 1.81. The number of nitrogens with one attached hydrogen (secondary N) is 2. The molecule has 1 aliphatic carbocycles. The van der Waals surface area contributed by atoms with E-state index in [9.17, 15) is 4.79 Å². The molecule has 1 heterocycles. The van der Waals surface area contributed by atoms with Crippen LogP contribution in [-0.4, -0.2) is 57.2 Å². The molecule has 8 heteroatoms. The average Bonchev–Trinajstić information content (AvgIpc) is 2.73. The second-order valence-corrected chi connectivity index (χ2v) is 7.45. The van der Waals surface area contributed by atoms with Crippen LogP contribution in [-0.2, 0) is 17.8 Å². The number of fused-ring (bicyclic) bond motifs is 1. The number of methoxy groups -OCH3 is 2. The number of nitrogens with zero attached hydrogens (tertiary/aromatic N) is 2. The number of hydrogen-bond acceptors (Lipinski definition) is 4. The van der Waals surface area contributed by atoms with Crippen molar-refractivity contribution in [3.8, 4) is 11.5 Å². The number of hydrogen-bond donors (Lipinski definition) is 2. The largest absolute Gasteiger partial charge is 0.493 e. The van der Waals surface area contributed by atoms with Gasteiger partial charge in [-0.25, -0.2) is 0 Å². The molecular weight excluding hydrogens is 483 g/mol. The van der Waals surface area contributed by atoms with Crippen LogP contribution in [0.15, 0.2) is 17.1 Å². The van der Waals surface area contributed by atoms with Crippen LogP contribution >= 0.6 is 24.0 Å². The van der Waals surface area contributed by atoms with E-state index in [1.807, 2.05) is 6.07 Å². The number of guanidine groups is 1. The molecule has 3 rings (SSSR count). The van der Waals surface area contributed by atoms with E-state index in [0.717, 1.165) is 49.8 Å². The lowest BCUT2D eigenvalue weighted by molar-refractivity contribution is -0.120. The Morgan fingerprint density at radius 3 is 2.41 bits per heavy atom. The summed E-state index contributed by atoms with van der Waals surface area (Å²) in [6.07, 6.45) is 6.78. The van der Waals surface area contributed by atoms with Crippen molar-refractivity contribution >= 4 is 35.8 Å². The van der Waals surface area contributed by atoms with Gasteiger partial charge in [-0.2, -0.15) is 0 Å². The highest BCUT2D eigenvalue weighted by Crippen LogP contribution is 2.33. The highest BCUT2D eigenvalue weighted by molar-refractivity contribution is 14.0. The summed E-state index contributed by atoms with van der Waals surface area (Å²) < 4.78 is 10.8. The molecule has 1 aromatic carbocycles. The van der Waals surface area contributed by atoms with Crippen LogP contribution in [0.2, 0.25) is 0 Å². The molecule has 7 nitrogen and oxygen atoms in total. The van der Waals surface area contributed by atoms with Gasteiger partial charge in [-0.3, -0.25) is 9.79 Å². The van der Waals surface area contributed by atoms with Crippen LogP contribution in [0.3, 0.4) is 0 Å². The molecule has 1 fully saturated rings. The normalized spacial score (nSPS) is 17.1. The van der Waals surface area contributed by atoms with Crippen molar-refractivity contribution in [2.24, 2.45) is 4.99 Å². The van der Waals surface area contributed by atoms with Gasteiger partial charge in [-0.1, -0.05) is 19.3 Å². The van der Waals surface area contributed by atoms with E-state index in [4.69, 9.17) is 9.47 Å². The summed E-state index contributed by atoms with van der Waals surface area (Å²) >= 11 is 0. The molecule has 2 aliphatic rings. The summed E-state index contributed by atoms with van der Waals surface area (Å²) in [7, 11) is 5.06. The van der Waals surface area contributed by atoms with Crippen LogP contribution < -0.4 is 20.1 Å². The van der Waals surface area contributed by atoms with Crippen LogP contribution in [0, 0.1) is 0 Å². The molecule has 162 valence electrons. The molecule has 0 bridgehead atoms. The van der Waals surface area contributed by atoms with Crippen molar-refractivity contribution < 1.29 is 14.3 Å². The summed E-state index contributed by atoms with van der Waals surface area (Å²) in [5, 5.41) is 6.36. The van der Waals surface area contributed by atoms with Gasteiger partial charge < -0.3 is 25.0 Å². The monoisotopic (exact) mass is 516 g/mol. The van der Waals surface area contributed by atoms with Crippen LogP contribution in [0.1, 0.15) is 43.2 Å². The first-order chi connectivity index (χ1) is 13.6. The number of aliphatic imine (C=N–C) groups is 1. The summed E-state index contributed by atoms with van der Waals surface area (Å²) in [4.78, 5) is 18.8. The molecule has 0 unspecified atom stereocenters. The number of benzene rings is 1. The maximum atomic E-state index is 12.3. The van der Waals surface area contributed by atoms with Gasteiger partial charge in [0.25, 0.3) is 0 Å². The molecule has 0 saturated heterocycles. The smallest absolute Gasteiger partial charge is 0.239 e. The van der Waals surface area contributed by atoms with Gasteiger partial charge >= 0.3 is 0 Å². The van der Waals surface area contributed by atoms with Crippen molar-refractivity contribution in [3.05, 3.63) is 23.3 Å². The SMILES string of the molecule is CN=C(NCC(=O)NC1CCCCC1)N1CCc2cc(OC)c(OC)cc2C1.I. The van der Waals surface area contributed by atoms with Gasteiger partial charge in [0.05, 0.1) is 20.8 Å². The zero-order valence-corrected chi connectivity index (χ0v) is 20.0. The molecular formula is C21H33IN4O3. The molecule has 0 atom stereocenters. The minimum atomic E-state index is 0. The first-order valence-electron chi connectivity index (χ1n) is 10.1. The standard InChI is InChI=1S/C21H32N4O3.HI/c1-22-21(23-13-20(26)24-17-7-5-4-6-8-17)25-10-9-15-11-18(27-2)19(28-3)12-16(15)14-25;/h11-12,17H,4-10,13-14H2,1-3H3,(H,22,23)(H,24,26);1H. The maximum Gasteiger partial charge on any atom is 0.239 e. The van der Waals surface area contributed by atoms with Crippen LogP contribution in [0.25, 0.3) is 0 Å². The Bertz CT molecular complexity index is 720. The Balaban J connectivity index is 0.00000300. The summed E-state index contributed by atoms with van der Waals surface area (Å²) in [5.74, 6) is 2.28. The van der Waals surface area contributed by atoms with Crippen LogP contribution in [0.5, 0.6) is 11.5 Å². The molecule has 1 saturated carbocycles. The molecule has 0 radical (unpaired) electrons. The molecule has 1 aromatic rings. The Hall–Kier alpha value is -1.71. The topological polar surface area (TPSA) is 75.2 Å². The lowest BCUT2D eigenvalue weighted by atomic mass is 9.95. The van der Waals surface area contributed by atoms with E-state index in [-0.39, 0.29) is 36.4 Å². The minimum absolute atomic E-state index is 0. The van der Waals surface area contributed by atoms with Crippen molar-refractivity contribution in [3.63, 3.8) is 0 Å². The number of carbonyl (C=O) groups excluding carboxylic acids is 1. The quantitative estimate of drug-likeness (QED) is 0.358. The zero-order valence-electron chi connectivity index (χ0n) is 17.6. The third-order valence-electron chi connectivity index (χ3n) is 5.61. The van der Waals surface area contributed by atoms with Crippen molar-refractivity contribution in [1.29, 1.82) is 0 Å². The summed E-state index contributed by atoms with van der Waals surface area (Å²) in [6, 6.07) is 4.41. The van der Waals surface area contributed by atoms with Gasteiger partial charge in [0.15, 0.2) is 17.5 Å². The van der Waals surface area contributed by atoms with E-state index < -0.39 is 0 Å². The fourth-order valence-corrected chi connectivity index (χ4v) is 4.08. The number of halogens is 1. The van der Waals surface area contributed by atoms with E-state index in [2.05, 4.69) is 26.6 Å². The lowest BCUT2D eigenvalue weighted by Gasteiger charge is -2.32. The van der Waals surface area contributed by atoms with Gasteiger partial charge in [0, 0.05) is 26.2 Å². The average molecular weight is 516 g/mol. The minimum Gasteiger partial charge on any atom is -0.493 e. The van der Waals surface area contributed by atoms with Gasteiger partial charge in [-0.05, 0) is 42.5 Å². The van der Waals surface area contributed by atoms with E-state index in [1.165, 1.54) is 30.4 Å². The first-order valence-corrected chi connectivity index (χ1v) is 10.1. The van der Waals surface area contributed by atoms with Gasteiger partial charge in [0.2, 0.25) is 5.91 Å². The molecule has 0 spiro atoms. The Kier molecular flexibility index (Phi) is 9.32. The van der Waals surface area contributed by atoms with Crippen molar-refractivity contribution in [2.45, 2.75) is 51.1 Å². The Morgan fingerprint density at radius 1 is 1.14 bits per heavy atom. The third-order valence-corrected chi connectivity index (χ3v) is 5.61. The predicted octanol–water partition coefficient (Wildman–Crippen LogP) is 2.70. The number of rotatable bonds is 5. The number of carbonyl (C=O) groups is 1. The maximum absolute atomic E-state index is 12.3. The molecule has 1 aliphatic heterocycles. The van der Waals surface area contributed by atoms with E-state index in [1.54, 1.807) is 21.3 Å². The first kappa shape index (κ1) is 23.6. The highest BCUT2D eigenvalue weighted by atomic mass is 127. The summed E-state index contributed by atoms with van der Waals surface area (Å²) in [5.41, 5.74) is 2.46. The lowest BCUT2D eigenvalue weighted by Crippen LogP contribution is -2.48. The predicted molar refractivity (Wildman–Crippen MR) is 125 cm³/mol. The fraction of sp³-hybridized carbons (Fsp3) is 0.619. The third kappa shape index (κ3) is 6.13. The fourth-order valence-electron chi connectivity index (χ4n) is 4.08. The molecule has 1 amide bonds. The number of amides is 1. The second-order valence-electron chi connectivity index (χ2n) is 7.45. The van der Waals surface area contributed by atoms with E-state index in [0.29, 0.717) is 6.04 Å². The second kappa shape index (κ2) is 11.5. The van der Waals surface area contributed by atoms with Crippen molar-refractivity contribution in [2.75, 3.05) is 34.4 Å².